The highest BCUT2D eigenvalue weighted by molar-refractivity contribution is 7.10. The molecule has 0 bridgehead atoms. The van der Waals surface area contributed by atoms with E-state index < -0.39 is 0 Å². The highest BCUT2D eigenvalue weighted by Gasteiger charge is 2.05. The van der Waals surface area contributed by atoms with E-state index in [1.165, 1.54) is 16.5 Å². The topological polar surface area (TPSA) is 38.0 Å². The lowest BCUT2D eigenvalue weighted by Crippen LogP contribution is -2.08. The number of benzene rings is 1. The lowest BCUT2D eigenvalue weighted by Gasteiger charge is -2.09. The lowest BCUT2D eigenvalue weighted by atomic mass is 10.2. The first-order valence-corrected chi connectivity index (χ1v) is 6.37. The Bertz CT molecular complexity index is 488. The molecule has 0 fully saturated rings. The number of thiophene rings is 1. The van der Waals surface area contributed by atoms with E-state index in [9.17, 15) is 4.39 Å². The van der Waals surface area contributed by atoms with Crippen molar-refractivity contribution in [2.75, 3.05) is 17.6 Å². The fourth-order valence-electron chi connectivity index (χ4n) is 1.69. The van der Waals surface area contributed by atoms with E-state index in [-0.39, 0.29) is 5.82 Å². The average Bonchev–Trinajstić information content (AvgIpc) is 2.69. The molecule has 3 N–H and O–H groups in total. The molecule has 2 nitrogen and oxygen atoms in total. The van der Waals surface area contributed by atoms with Crippen LogP contribution < -0.4 is 11.1 Å². The Morgan fingerprint density at radius 1 is 1.35 bits per heavy atom. The molecule has 0 saturated carbocycles. The molecule has 17 heavy (non-hydrogen) atoms. The summed E-state index contributed by atoms with van der Waals surface area (Å²) >= 11 is 1.73. The first kappa shape index (κ1) is 11.9. The summed E-state index contributed by atoms with van der Waals surface area (Å²) in [5, 5.41) is 5.12. The Morgan fingerprint density at radius 3 is 2.82 bits per heavy atom. The van der Waals surface area contributed by atoms with Crippen LogP contribution in [-0.4, -0.2) is 6.54 Å². The predicted molar refractivity (Wildman–Crippen MR) is 72.1 cm³/mol. The third-order valence-corrected chi connectivity index (χ3v) is 3.75. The normalized spacial score (nSPS) is 10.5. The van der Waals surface area contributed by atoms with Gasteiger partial charge >= 0.3 is 0 Å². The van der Waals surface area contributed by atoms with Gasteiger partial charge in [-0.2, -0.15) is 0 Å². The quantitative estimate of drug-likeness (QED) is 0.816. The van der Waals surface area contributed by atoms with Crippen molar-refractivity contribution in [1.82, 2.24) is 0 Å². The summed E-state index contributed by atoms with van der Waals surface area (Å²) in [5.74, 6) is -0.298. The van der Waals surface area contributed by atoms with Gasteiger partial charge in [-0.3, -0.25) is 0 Å². The predicted octanol–water partition coefficient (Wildman–Crippen LogP) is 3.43. The van der Waals surface area contributed by atoms with Crippen LogP contribution >= 0.6 is 11.3 Å². The Labute approximate surface area is 104 Å². The van der Waals surface area contributed by atoms with E-state index in [0.29, 0.717) is 17.9 Å². The van der Waals surface area contributed by atoms with Gasteiger partial charge in [-0.15, -0.1) is 11.3 Å². The fourth-order valence-corrected chi connectivity index (χ4v) is 2.60. The molecule has 0 saturated heterocycles. The van der Waals surface area contributed by atoms with E-state index in [4.69, 9.17) is 5.73 Å². The van der Waals surface area contributed by atoms with Crippen LogP contribution in [0.1, 0.15) is 10.4 Å². The van der Waals surface area contributed by atoms with E-state index in [1.807, 2.05) is 0 Å². The van der Waals surface area contributed by atoms with Gasteiger partial charge in [0.15, 0.2) is 0 Å². The minimum atomic E-state index is -0.298. The molecule has 0 amide bonds. The van der Waals surface area contributed by atoms with Gasteiger partial charge in [-0.1, -0.05) is 6.07 Å². The molecule has 0 aliphatic rings. The lowest BCUT2D eigenvalue weighted by molar-refractivity contribution is 0.631. The maximum absolute atomic E-state index is 13.5. The number of halogens is 1. The molecule has 1 heterocycles. The summed E-state index contributed by atoms with van der Waals surface area (Å²) in [6.45, 7) is 2.77. The average molecular weight is 250 g/mol. The fraction of sp³-hybridized carbons (Fsp3) is 0.231. The van der Waals surface area contributed by atoms with Gasteiger partial charge in [0.05, 0.1) is 11.4 Å². The van der Waals surface area contributed by atoms with Crippen molar-refractivity contribution in [3.05, 3.63) is 45.9 Å². The van der Waals surface area contributed by atoms with E-state index in [1.54, 1.807) is 23.5 Å². The smallest absolute Gasteiger partial charge is 0.148 e. The zero-order valence-electron chi connectivity index (χ0n) is 9.66. The summed E-state index contributed by atoms with van der Waals surface area (Å²) in [4.78, 5) is 1.33. The molecule has 0 spiro atoms. The van der Waals surface area contributed by atoms with Crippen LogP contribution in [0.4, 0.5) is 15.8 Å². The number of aryl methyl sites for hydroxylation is 1. The van der Waals surface area contributed by atoms with Crippen LogP contribution in [0.15, 0.2) is 29.6 Å². The molecule has 0 aliphatic carbocycles. The molecule has 90 valence electrons. The van der Waals surface area contributed by atoms with Crippen molar-refractivity contribution in [3.63, 3.8) is 0 Å². The highest BCUT2D eigenvalue weighted by atomic mass is 32.1. The number of anilines is 2. The second-order valence-electron chi connectivity index (χ2n) is 3.91. The zero-order chi connectivity index (χ0) is 12.3. The highest BCUT2D eigenvalue weighted by Crippen LogP contribution is 2.22. The number of nitrogens with one attached hydrogen (secondary N) is 1. The third kappa shape index (κ3) is 2.77. The van der Waals surface area contributed by atoms with Crippen molar-refractivity contribution in [3.8, 4) is 0 Å². The summed E-state index contributed by atoms with van der Waals surface area (Å²) < 4.78 is 13.5. The summed E-state index contributed by atoms with van der Waals surface area (Å²) in [5.41, 5.74) is 7.86. The number of hydrogen-bond acceptors (Lipinski definition) is 3. The van der Waals surface area contributed by atoms with Gasteiger partial charge in [0.25, 0.3) is 0 Å². The molecular weight excluding hydrogens is 235 g/mol. The van der Waals surface area contributed by atoms with Crippen molar-refractivity contribution in [2.24, 2.45) is 0 Å². The van der Waals surface area contributed by atoms with Gasteiger partial charge < -0.3 is 11.1 Å². The van der Waals surface area contributed by atoms with Crippen LogP contribution in [0.3, 0.4) is 0 Å². The Hall–Kier alpha value is -1.55. The standard InChI is InChI=1S/C13H15FN2S/c1-9-6-8-17-12(9)5-7-16-13-10(14)3-2-4-11(13)15/h2-4,6,8,16H,5,7,15H2,1H3. The van der Waals surface area contributed by atoms with E-state index >= 15 is 0 Å². The van der Waals surface area contributed by atoms with E-state index in [2.05, 4.69) is 23.7 Å². The summed E-state index contributed by atoms with van der Waals surface area (Å²) in [7, 11) is 0. The molecule has 0 aliphatic heterocycles. The number of para-hydroxylation sites is 1. The van der Waals surface area contributed by atoms with Gasteiger partial charge in [0.1, 0.15) is 5.82 Å². The molecule has 0 radical (unpaired) electrons. The van der Waals surface area contributed by atoms with Crippen LogP contribution in [0.25, 0.3) is 0 Å². The van der Waals surface area contributed by atoms with Crippen LogP contribution in [0, 0.1) is 12.7 Å². The van der Waals surface area contributed by atoms with Gasteiger partial charge in [-0.05, 0) is 42.5 Å². The first-order chi connectivity index (χ1) is 8.18. The second-order valence-corrected chi connectivity index (χ2v) is 4.91. The first-order valence-electron chi connectivity index (χ1n) is 5.49. The SMILES string of the molecule is Cc1ccsc1CCNc1c(N)cccc1F. The maximum atomic E-state index is 13.5. The van der Waals surface area contributed by atoms with Crippen molar-refractivity contribution >= 4 is 22.7 Å². The number of rotatable bonds is 4. The number of hydrogen-bond donors (Lipinski definition) is 2. The molecule has 1 aromatic heterocycles. The summed E-state index contributed by atoms with van der Waals surface area (Å²) in [6.07, 6.45) is 0.886. The molecule has 0 atom stereocenters. The molecular formula is C13H15FN2S. The molecule has 1 aromatic carbocycles. The Morgan fingerprint density at radius 2 is 2.18 bits per heavy atom. The van der Waals surface area contributed by atoms with Crippen LogP contribution in [0.2, 0.25) is 0 Å². The molecule has 2 rings (SSSR count). The Kier molecular flexibility index (Phi) is 3.64. The minimum Gasteiger partial charge on any atom is -0.397 e. The largest absolute Gasteiger partial charge is 0.397 e. The molecule has 2 aromatic rings. The van der Waals surface area contributed by atoms with Crippen molar-refractivity contribution < 1.29 is 4.39 Å². The summed E-state index contributed by atoms with van der Waals surface area (Å²) in [6, 6.07) is 6.81. The molecule has 4 heteroatoms. The minimum absolute atomic E-state index is 0.298. The molecule has 0 unspecified atom stereocenters. The Balaban J connectivity index is 1.97. The van der Waals surface area contributed by atoms with Crippen molar-refractivity contribution in [1.29, 1.82) is 0 Å². The number of nitrogens with two attached hydrogens (primary N) is 1. The van der Waals surface area contributed by atoms with Gasteiger partial charge in [0.2, 0.25) is 0 Å². The number of nitrogen functional groups attached to an aromatic ring is 1. The zero-order valence-corrected chi connectivity index (χ0v) is 10.5. The van der Waals surface area contributed by atoms with Crippen LogP contribution in [-0.2, 0) is 6.42 Å². The monoisotopic (exact) mass is 250 g/mol. The van der Waals surface area contributed by atoms with Crippen molar-refractivity contribution in [2.45, 2.75) is 13.3 Å². The van der Waals surface area contributed by atoms with E-state index in [0.717, 1.165) is 6.42 Å². The second kappa shape index (κ2) is 5.19. The third-order valence-electron chi connectivity index (χ3n) is 2.67. The van der Waals surface area contributed by atoms with Gasteiger partial charge in [0, 0.05) is 11.4 Å². The maximum Gasteiger partial charge on any atom is 0.148 e. The van der Waals surface area contributed by atoms with Crippen LogP contribution in [0.5, 0.6) is 0 Å². The van der Waals surface area contributed by atoms with Gasteiger partial charge in [-0.25, -0.2) is 4.39 Å².